The van der Waals surface area contributed by atoms with Crippen LogP contribution in [0.15, 0.2) is 70.2 Å². The molecule has 0 fully saturated rings. The molecule has 0 saturated carbocycles. The van der Waals surface area contributed by atoms with Crippen LogP contribution in [0.1, 0.15) is 25.6 Å². The highest BCUT2D eigenvalue weighted by Crippen LogP contribution is 2.33. The van der Waals surface area contributed by atoms with E-state index in [-0.39, 0.29) is 4.90 Å². The van der Waals surface area contributed by atoms with Crippen LogP contribution in [0.3, 0.4) is 0 Å². The lowest BCUT2D eigenvalue weighted by molar-refractivity contribution is 0.398. The predicted octanol–water partition coefficient (Wildman–Crippen LogP) is 4.79. The van der Waals surface area contributed by atoms with Crippen molar-refractivity contribution in [3.63, 3.8) is 0 Å². The summed E-state index contributed by atoms with van der Waals surface area (Å²) < 4.78 is 36.7. The van der Waals surface area contributed by atoms with E-state index < -0.39 is 9.84 Å². The van der Waals surface area contributed by atoms with E-state index in [0.29, 0.717) is 62.4 Å². The number of pyridine rings is 2. The molecule has 4 heterocycles. The molecule has 0 aliphatic rings. The minimum absolute atomic E-state index is 0.0984. The first-order valence-corrected chi connectivity index (χ1v) is 13.8. The second kappa shape index (κ2) is 10.4. The number of nitrogens with zero attached hydrogens (tertiary/aromatic N) is 7. The van der Waals surface area contributed by atoms with Crippen molar-refractivity contribution >= 4 is 32.6 Å². The summed E-state index contributed by atoms with van der Waals surface area (Å²) in [5.74, 6) is 1.87. The number of hydrogen-bond acceptors (Lipinski definition) is 10. The molecule has 0 bridgehead atoms. The van der Waals surface area contributed by atoms with Gasteiger partial charge in [0.2, 0.25) is 17.7 Å². The summed E-state index contributed by atoms with van der Waals surface area (Å²) in [6.07, 6.45) is 4.01. The van der Waals surface area contributed by atoms with E-state index in [1.165, 1.54) is 19.4 Å². The van der Waals surface area contributed by atoms with Gasteiger partial charge in [-0.25, -0.2) is 13.4 Å². The summed E-state index contributed by atoms with van der Waals surface area (Å²) >= 11 is 6.58. The number of benzene rings is 1. The number of ether oxygens (including phenoxy) is 1. The van der Waals surface area contributed by atoms with Gasteiger partial charge in [-0.2, -0.15) is 0 Å². The van der Waals surface area contributed by atoms with Gasteiger partial charge in [0.15, 0.2) is 21.5 Å². The van der Waals surface area contributed by atoms with Crippen molar-refractivity contribution in [3.8, 4) is 34.5 Å². The van der Waals surface area contributed by atoms with Crippen LogP contribution in [0, 0.1) is 0 Å². The fourth-order valence-electron chi connectivity index (χ4n) is 3.76. The molecule has 4 aromatic heterocycles. The topological polar surface area (TPSA) is 139 Å². The fraction of sp³-hybridized carbons (Fsp3) is 0.154. The lowest BCUT2D eigenvalue weighted by Crippen LogP contribution is -2.05. The Hall–Kier alpha value is -4.42. The lowest BCUT2D eigenvalue weighted by Gasteiger charge is -2.13. The first kappa shape index (κ1) is 26.2. The van der Waals surface area contributed by atoms with Gasteiger partial charge >= 0.3 is 0 Å². The molecule has 0 unspecified atom stereocenters. The summed E-state index contributed by atoms with van der Waals surface area (Å²) in [7, 11) is -1.88. The molecule has 5 rings (SSSR count). The molecule has 0 amide bonds. The Balaban J connectivity index is 1.62. The second-order valence-corrected chi connectivity index (χ2v) is 11.0. The lowest BCUT2D eigenvalue weighted by atomic mass is 10.1. The zero-order valence-electron chi connectivity index (χ0n) is 21.3. The van der Waals surface area contributed by atoms with E-state index in [1.807, 2.05) is 32.0 Å². The molecule has 0 aliphatic carbocycles. The third-order valence-electron chi connectivity index (χ3n) is 5.98. The average molecular weight is 564 g/mol. The molecule has 39 heavy (non-hydrogen) atoms. The highest BCUT2D eigenvalue weighted by molar-refractivity contribution is 7.90. The minimum Gasteiger partial charge on any atom is -0.481 e. The van der Waals surface area contributed by atoms with Gasteiger partial charge in [-0.3, -0.25) is 9.55 Å². The van der Waals surface area contributed by atoms with E-state index in [1.54, 1.807) is 35.0 Å². The van der Waals surface area contributed by atoms with Crippen LogP contribution >= 0.6 is 11.6 Å². The number of aromatic nitrogens is 7. The van der Waals surface area contributed by atoms with Gasteiger partial charge in [0.25, 0.3) is 0 Å². The van der Waals surface area contributed by atoms with Crippen molar-refractivity contribution in [3.05, 3.63) is 77.7 Å². The molecule has 1 aromatic carbocycles. The quantitative estimate of drug-likeness (QED) is 0.271. The number of sulfone groups is 1. The van der Waals surface area contributed by atoms with Gasteiger partial charge in [-0.05, 0) is 44.2 Å². The molecule has 0 radical (unpaired) electrons. The number of allylic oxidation sites excluding steroid dienone is 2. The van der Waals surface area contributed by atoms with Crippen LogP contribution in [0.5, 0.6) is 5.88 Å². The van der Waals surface area contributed by atoms with Gasteiger partial charge in [-0.1, -0.05) is 23.7 Å². The average Bonchev–Trinajstić information content (AvgIpc) is 3.60. The molecule has 0 atom stereocenters. The summed E-state index contributed by atoms with van der Waals surface area (Å²) in [4.78, 5) is 8.54. The van der Waals surface area contributed by atoms with E-state index in [9.17, 15) is 8.42 Å². The van der Waals surface area contributed by atoms with Gasteiger partial charge in [0, 0.05) is 41.4 Å². The van der Waals surface area contributed by atoms with Crippen molar-refractivity contribution in [1.29, 1.82) is 0 Å². The van der Waals surface area contributed by atoms with Gasteiger partial charge in [0.05, 0.1) is 22.7 Å². The first-order valence-electron chi connectivity index (χ1n) is 11.6. The predicted molar refractivity (Wildman–Crippen MR) is 145 cm³/mol. The Morgan fingerprint density at radius 1 is 0.974 bits per heavy atom. The summed E-state index contributed by atoms with van der Waals surface area (Å²) in [6.45, 7) is 3.69. The molecule has 0 N–H and O–H groups in total. The summed E-state index contributed by atoms with van der Waals surface area (Å²) in [6, 6.07) is 13.7. The van der Waals surface area contributed by atoms with Crippen molar-refractivity contribution in [1.82, 2.24) is 34.9 Å². The Kier molecular flexibility index (Phi) is 6.98. The maximum absolute atomic E-state index is 11.9. The van der Waals surface area contributed by atoms with Gasteiger partial charge in [0.1, 0.15) is 5.69 Å². The van der Waals surface area contributed by atoms with Gasteiger partial charge < -0.3 is 9.15 Å². The number of halogens is 1. The summed E-state index contributed by atoms with van der Waals surface area (Å²) in [5.41, 5.74) is 3.06. The monoisotopic (exact) mass is 563 g/mol. The molecule has 11 nitrogen and oxygen atoms in total. The highest BCUT2D eigenvalue weighted by Gasteiger charge is 2.23. The van der Waals surface area contributed by atoms with Crippen LogP contribution in [-0.2, 0) is 9.84 Å². The van der Waals surface area contributed by atoms with Crippen LogP contribution in [-0.4, -0.2) is 56.7 Å². The SMILES string of the molecule is COc1cc(-c2nnc(C(C)=C(C)c3nnc(-c4ccc(S(C)(=O)=O)cn4)n3-c3ccccc3Cl)o2)ccn1. The second-order valence-electron chi connectivity index (χ2n) is 8.53. The summed E-state index contributed by atoms with van der Waals surface area (Å²) in [5, 5.41) is 17.7. The van der Waals surface area contributed by atoms with Crippen LogP contribution in [0.4, 0.5) is 0 Å². The van der Waals surface area contributed by atoms with Crippen molar-refractivity contribution in [2.24, 2.45) is 0 Å². The molecule has 0 saturated heterocycles. The maximum atomic E-state index is 11.9. The third-order valence-corrected chi connectivity index (χ3v) is 7.40. The fourth-order valence-corrected chi connectivity index (χ4v) is 4.54. The van der Waals surface area contributed by atoms with E-state index in [2.05, 4.69) is 30.4 Å². The molecule has 198 valence electrons. The van der Waals surface area contributed by atoms with Crippen LogP contribution in [0.25, 0.3) is 39.8 Å². The van der Waals surface area contributed by atoms with Gasteiger partial charge in [-0.15, -0.1) is 20.4 Å². The molecule has 0 aliphatic heterocycles. The molecular formula is C26H22ClN7O4S. The van der Waals surface area contributed by atoms with Crippen LogP contribution in [0.2, 0.25) is 5.02 Å². The van der Waals surface area contributed by atoms with E-state index >= 15 is 0 Å². The third kappa shape index (κ3) is 5.16. The number of rotatable bonds is 7. The molecule has 13 heteroatoms. The Morgan fingerprint density at radius 3 is 2.46 bits per heavy atom. The van der Waals surface area contributed by atoms with Crippen molar-refractivity contribution in [2.75, 3.05) is 13.4 Å². The number of methoxy groups -OCH3 is 1. The van der Waals surface area contributed by atoms with Crippen LogP contribution < -0.4 is 4.74 Å². The van der Waals surface area contributed by atoms with Crippen molar-refractivity contribution < 1.29 is 17.6 Å². The Labute approximate surface area is 229 Å². The normalized spacial score (nSPS) is 12.3. The highest BCUT2D eigenvalue weighted by atomic mass is 35.5. The molecule has 5 aromatic rings. The largest absolute Gasteiger partial charge is 0.481 e. The van der Waals surface area contributed by atoms with E-state index in [0.717, 1.165) is 6.26 Å². The Bertz CT molecular complexity index is 1810. The minimum atomic E-state index is -3.41. The van der Waals surface area contributed by atoms with E-state index in [4.69, 9.17) is 20.8 Å². The standard InChI is InChI=1S/C26H22ClN7O4S/c1-15(16(2)25-32-33-26(38-25)17-11-12-28-22(13-17)37-3)23-30-31-24(34(23)21-8-6-5-7-19(21)27)20-10-9-18(14-29-20)39(4,35)36/h5-14H,1-4H3. The zero-order valence-corrected chi connectivity index (χ0v) is 22.9. The molecular weight excluding hydrogens is 542 g/mol. The van der Waals surface area contributed by atoms with Crippen molar-refractivity contribution in [2.45, 2.75) is 18.7 Å². The maximum Gasteiger partial charge on any atom is 0.248 e. The number of hydrogen-bond donors (Lipinski definition) is 0. The number of para-hydroxylation sites is 1. The Morgan fingerprint density at radius 2 is 1.77 bits per heavy atom. The zero-order chi connectivity index (χ0) is 27.7. The molecule has 0 spiro atoms. The first-order chi connectivity index (χ1) is 18.7. The smallest absolute Gasteiger partial charge is 0.248 e.